The van der Waals surface area contributed by atoms with E-state index < -0.39 is 0 Å². The van der Waals surface area contributed by atoms with Gasteiger partial charge in [-0.25, -0.2) is 0 Å². The third-order valence-electron chi connectivity index (χ3n) is 11.6. The minimum Gasteiger partial charge on any atom is -0.512 e. The van der Waals surface area contributed by atoms with Crippen molar-refractivity contribution >= 4 is 48.1 Å². The first-order chi connectivity index (χ1) is 24.4. The van der Waals surface area contributed by atoms with Crippen LogP contribution in [0.25, 0.3) is 42.2 Å². The van der Waals surface area contributed by atoms with Crippen LogP contribution in [0.2, 0.25) is 0 Å². The van der Waals surface area contributed by atoms with E-state index in [0.717, 1.165) is 49.8 Å². The fourth-order valence-corrected chi connectivity index (χ4v) is 9.32. The number of aliphatic hydroxyl groups excluding tert-OH is 1. The van der Waals surface area contributed by atoms with Crippen LogP contribution in [0.3, 0.4) is 0 Å². The summed E-state index contributed by atoms with van der Waals surface area (Å²) in [6.45, 7) is 24.5. The third kappa shape index (κ3) is 9.26. The third-order valence-corrected chi connectivity index (χ3v) is 12.8. The van der Waals surface area contributed by atoms with Gasteiger partial charge in [-0.15, -0.1) is 40.5 Å². The second-order valence-corrected chi connectivity index (χ2v) is 16.3. The van der Waals surface area contributed by atoms with Crippen LogP contribution in [0.4, 0.5) is 0 Å². The molecule has 2 aromatic heterocycles. The molecule has 0 aliphatic carbocycles. The Morgan fingerprint density at radius 1 is 0.808 bits per heavy atom. The molecule has 0 bridgehead atoms. The average molecular weight is 897 g/mol. The molecule has 0 unspecified atom stereocenters. The molecular weight excluding hydrogens is 835 g/mol. The van der Waals surface area contributed by atoms with Gasteiger partial charge in [-0.05, 0) is 78.7 Å². The Labute approximate surface area is 332 Å². The van der Waals surface area contributed by atoms with Crippen LogP contribution in [-0.2, 0) is 30.3 Å². The van der Waals surface area contributed by atoms with E-state index in [0.29, 0.717) is 17.8 Å². The minimum atomic E-state index is 0. The summed E-state index contributed by atoms with van der Waals surface area (Å²) in [6.07, 6.45) is 9.10. The molecule has 3 aromatic carbocycles. The number of fused-ring (bicyclic) bond motifs is 4. The predicted octanol–water partition coefficient (Wildman–Crippen LogP) is 14.4. The zero-order valence-corrected chi connectivity index (χ0v) is 36.7. The molecule has 3 nitrogen and oxygen atoms in total. The topological polar surface area (TPSA) is 50.2 Å². The zero-order chi connectivity index (χ0) is 37.5. The van der Waals surface area contributed by atoms with Crippen LogP contribution in [0.15, 0.2) is 72.6 Å². The summed E-state index contributed by atoms with van der Waals surface area (Å²) in [4.78, 5) is 16.7. The van der Waals surface area contributed by atoms with Crippen LogP contribution >= 0.6 is 11.3 Å². The quantitative estimate of drug-likeness (QED) is 0.0686. The monoisotopic (exact) mass is 897 g/mol. The van der Waals surface area contributed by atoms with Crippen molar-refractivity contribution in [3.05, 3.63) is 89.8 Å². The smallest absolute Gasteiger partial charge is 0.162 e. The van der Waals surface area contributed by atoms with Crippen molar-refractivity contribution in [2.24, 2.45) is 23.7 Å². The summed E-state index contributed by atoms with van der Waals surface area (Å²) in [5.41, 5.74) is 5.19. The standard InChI is InChI=1S/C34H38NS.C13H24O2.Ir/c1-8-34(7,9-2)29-20-24(19-23-13-10-11-14-25(23)29)31-33-27(17-18-35-31)26-15-12-16-28(32(26)36-33)30(21(3)4)22(5)6;1-5-10(6-2)12(14)9-13(15)11(7-3)8-4;/h10-18,20-22,30H,8-9H2,1-7H3;9-11,14H,5-8H2,1-4H3;/q-1;;/b;12-9-;. The van der Waals surface area contributed by atoms with E-state index in [1.54, 1.807) is 0 Å². The number of hydrogen-bond acceptors (Lipinski definition) is 4. The van der Waals surface area contributed by atoms with Gasteiger partial charge in [0.15, 0.2) is 5.78 Å². The van der Waals surface area contributed by atoms with Gasteiger partial charge in [0.25, 0.3) is 0 Å². The second-order valence-electron chi connectivity index (χ2n) is 15.3. The summed E-state index contributed by atoms with van der Waals surface area (Å²) in [5.74, 6) is 2.27. The number of aromatic nitrogens is 1. The molecule has 0 atom stereocenters. The molecule has 0 saturated carbocycles. The summed E-state index contributed by atoms with van der Waals surface area (Å²) in [6, 6.07) is 24.0. The normalized spacial score (nSPS) is 12.4. The predicted molar refractivity (Wildman–Crippen MR) is 223 cm³/mol. The van der Waals surface area contributed by atoms with Crippen LogP contribution in [-0.4, -0.2) is 15.9 Å². The Kier molecular flexibility index (Phi) is 16.3. The molecule has 0 amide bonds. The molecule has 1 N–H and O–H groups in total. The fraction of sp³-hybridized carbons (Fsp3) is 0.489. The van der Waals surface area contributed by atoms with Crippen molar-refractivity contribution < 1.29 is 30.0 Å². The van der Waals surface area contributed by atoms with E-state index in [4.69, 9.17) is 4.98 Å². The van der Waals surface area contributed by atoms with Gasteiger partial charge in [0.2, 0.25) is 0 Å². The molecule has 5 aromatic rings. The first kappa shape index (κ1) is 43.6. The molecular formula is C47H62IrNO2S-. The Morgan fingerprint density at radius 3 is 1.96 bits per heavy atom. The molecule has 0 spiro atoms. The number of allylic oxidation sites excluding steroid dienone is 2. The molecule has 1 radical (unpaired) electrons. The summed E-state index contributed by atoms with van der Waals surface area (Å²) < 4.78 is 2.69. The number of hydrogen-bond donors (Lipinski definition) is 1. The van der Waals surface area contributed by atoms with Crippen LogP contribution in [0, 0.1) is 29.7 Å². The Morgan fingerprint density at radius 2 is 1.38 bits per heavy atom. The van der Waals surface area contributed by atoms with Crippen LogP contribution in [0.1, 0.15) is 132 Å². The number of carbonyl (C=O) groups is 1. The van der Waals surface area contributed by atoms with Gasteiger partial charge in [0.1, 0.15) is 0 Å². The maximum atomic E-state index is 11.7. The largest absolute Gasteiger partial charge is 0.512 e. The molecule has 0 fully saturated rings. The van der Waals surface area contributed by atoms with E-state index >= 15 is 0 Å². The summed E-state index contributed by atoms with van der Waals surface area (Å²) >= 11 is 1.92. The van der Waals surface area contributed by atoms with Crippen molar-refractivity contribution in [3.63, 3.8) is 0 Å². The zero-order valence-electron chi connectivity index (χ0n) is 33.5. The molecule has 283 valence electrons. The Bertz CT molecular complexity index is 1930. The average Bonchev–Trinajstić information content (AvgIpc) is 3.52. The molecule has 5 heteroatoms. The first-order valence-electron chi connectivity index (χ1n) is 19.6. The molecule has 52 heavy (non-hydrogen) atoms. The van der Waals surface area contributed by atoms with Crippen LogP contribution < -0.4 is 0 Å². The second kappa shape index (κ2) is 19.5. The Hall–Kier alpha value is -2.85. The number of benzene rings is 3. The number of carbonyl (C=O) groups excluding carboxylic acids is 1. The van der Waals surface area contributed by atoms with Crippen molar-refractivity contribution in [1.29, 1.82) is 0 Å². The number of pyridine rings is 1. The minimum absolute atomic E-state index is 0. The number of nitrogens with zero attached hydrogens (tertiary/aromatic N) is 1. The van der Waals surface area contributed by atoms with Crippen molar-refractivity contribution in [1.82, 2.24) is 4.98 Å². The number of ketones is 1. The van der Waals surface area contributed by atoms with Crippen molar-refractivity contribution in [2.75, 3.05) is 0 Å². The Balaban J connectivity index is 0.000000389. The van der Waals surface area contributed by atoms with Crippen LogP contribution in [0.5, 0.6) is 0 Å². The first-order valence-corrected chi connectivity index (χ1v) is 20.4. The fourth-order valence-electron chi connectivity index (χ4n) is 7.96. The van der Waals surface area contributed by atoms with Crippen molar-refractivity contribution in [3.8, 4) is 11.3 Å². The van der Waals surface area contributed by atoms with Gasteiger partial charge in [0, 0.05) is 64.7 Å². The van der Waals surface area contributed by atoms with Crippen molar-refractivity contribution in [2.45, 2.75) is 126 Å². The van der Waals surface area contributed by atoms with Gasteiger partial charge in [-0.1, -0.05) is 124 Å². The summed E-state index contributed by atoms with van der Waals surface area (Å²) in [7, 11) is 0. The van der Waals surface area contributed by atoms with Gasteiger partial charge in [0.05, 0.1) is 5.76 Å². The molecule has 0 aliphatic heterocycles. The summed E-state index contributed by atoms with van der Waals surface area (Å²) in [5, 5.41) is 14.9. The van der Waals surface area contributed by atoms with E-state index in [-0.39, 0.29) is 48.9 Å². The molecule has 2 heterocycles. The number of rotatable bonds is 14. The number of thiophene rings is 1. The van der Waals surface area contributed by atoms with Gasteiger partial charge < -0.3 is 5.11 Å². The molecule has 0 aliphatic rings. The van der Waals surface area contributed by atoms with E-state index in [1.165, 1.54) is 48.1 Å². The van der Waals surface area contributed by atoms with E-state index in [1.807, 2.05) is 45.2 Å². The van der Waals surface area contributed by atoms with Gasteiger partial charge >= 0.3 is 0 Å². The number of aliphatic hydroxyl groups is 1. The molecule has 5 rings (SSSR count). The SMILES string of the molecule is CCC(C)(CC)c1cc(-c2nccc3c2sc2c(C(C(C)C)C(C)C)cccc23)[c-]c2ccccc12.CCC(CC)C(=O)/C=C(\O)C(CC)CC.[Ir]. The molecule has 0 saturated heterocycles. The van der Waals surface area contributed by atoms with E-state index in [9.17, 15) is 9.90 Å². The maximum Gasteiger partial charge on any atom is 0.162 e. The van der Waals surface area contributed by atoms with Gasteiger partial charge in [-0.3, -0.25) is 9.78 Å². The van der Waals surface area contributed by atoms with E-state index in [2.05, 4.69) is 109 Å². The van der Waals surface area contributed by atoms with Gasteiger partial charge in [-0.2, -0.15) is 0 Å². The maximum absolute atomic E-state index is 11.7.